The molecule has 0 aliphatic heterocycles. The zero-order chi connectivity index (χ0) is 21.0. The molecule has 1 N–H and O–H groups in total. The van der Waals surface area contributed by atoms with Crippen molar-refractivity contribution in [3.8, 4) is 16.9 Å². The Kier molecular flexibility index (Phi) is 5.84. The first kappa shape index (κ1) is 20.1. The molecule has 3 aromatic carbocycles. The number of aliphatic carboxylic acids is 1. The number of rotatable bonds is 8. The highest BCUT2D eigenvalue weighted by atomic mass is 19.1. The highest BCUT2D eigenvalue weighted by Gasteiger charge is 2.44. The van der Waals surface area contributed by atoms with Crippen LogP contribution in [0.5, 0.6) is 5.75 Å². The highest BCUT2D eigenvalue weighted by Crippen LogP contribution is 2.44. The second kappa shape index (κ2) is 8.70. The smallest absolute Gasteiger partial charge is 0.309 e. The van der Waals surface area contributed by atoms with Gasteiger partial charge >= 0.3 is 5.97 Å². The molecule has 0 amide bonds. The molecule has 154 valence electrons. The molecule has 0 spiro atoms. The Morgan fingerprint density at radius 1 is 0.867 bits per heavy atom. The van der Waals surface area contributed by atoms with Crippen LogP contribution in [0.15, 0.2) is 72.8 Å². The van der Waals surface area contributed by atoms with Gasteiger partial charge in [-0.3, -0.25) is 4.79 Å². The van der Waals surface area contributed by atoms with Gasteiger partial charge in [0.2, 0.25) is 0 Å². The Morgan fingerprint density at radius 2 is 1.43 bits per heavy atom. The van der Waals surface area contributed by atoms with E-state index in [1.807, 2.05) is 36.4 Å². The Balaban J connectivity index is 1.28. The van der Waals surface area contributed by atoms with Gasteiger partial charge in [-0.1, -0.05) is 55.0 Å². The first-order valence-corrected chi connectivity index (χ1v) is 10.3. The fourth-order valence-electron chi connectivity index (χ4n) is 3.96. The van der Waals surface area contributed by atoms with E-state index in [0.29, 0.717) is 13.0 Å². The average Bonchev–Trinajstić information content (AvgIpc) is 2.73. The van der Waals surface area contributed by atoms with Gasteiger partial charge in [-0.25, -0.2) is 4.39 Å². The van der Waals surface area contributed by atoms with Gasteiger partial charge < -0.3 is 9.84 Å². The molecule has 0 aromatic heterocycles. The van der Waals surface area contributed by atoms with Gasteiger partial charge in [0.1, 0.15) is 11.6 Å². The lowest BCUT2D eigenvalue weighted by atomic mass is 9.65. The maximum Gasteiger partial charge on any atom is 0.309 e. The molecule has 0 atom stereocenters. The van der Waals surface area contributed by atoms with Crippen molar-refractivity contribution in [2.75, 3.05) is 6.61 Å². The van der Waals surface area contributed by atoms with Crippen LogP contribution in [0.25, 0.3) is 11.1 Å². The summed E-state index contributed by atoms with van der Waals surface area (Å²) in [4.78, 5) is 11.5. The van der Waals surface area contributed by atoms with E-state index < -0.39 is 11.4 Å². The molecule has 0 saturated heterocycles. The molecule has 0 radical (unpaired) electrons. The summed E-state index contributed by atoms with van der Waals surface area (Å²) in [6.07, 6.45) is 3.90. The second-order valence-corrected chi connectivity index (χ2v) is 8.06. The summed E-state index contributed by atoms with van der Waals surface area (Å²) in [5.74, 6) is -0.121. The predicted octanol–water partition coefficient (Wildman–Crippen LogP) is 5.91. The van der Waals surface area contributed by atoms with Crippen molar-refractivity contribution in [1.29, 1.82) is 0 Å². The molecular formula is C26H25FO3. The fourth-order valence-corrected chi connectivity index (χ4v) is 3.96. The molecule has 0 heterocycles. The minimum absolute atomic E-state index is 0.231. The molecule has 1 aliphatic carbocycles. The first-order chi connectivity index (χ1) is 14.5. The molecule has 4 heteroatoms. The summed E-state index contributed by atoms with van der Waals surface area (Å²) in [7, 11) is 0. The molecule has 1 fully saturated rings. The minimum atomic E-state index is -0.681. The van der Waals surface area contributed by atoms with Gasteiger partial charge in [0.15, 0.2) is 0 Å². The number of hydrogen-bond acceptors (Lipinski definition) is 2. The van der Waals surface area contributed by atoms with Crippen molar-refractivity contribution in [1.82, 2.24) is 0 Å². The van der Waals surface area contributed by atoms with Crippen molar-refractivity contribution < 1.29 is 19.0 Å². The van der Waals surface area contributed by atoms with Gasteiger partial charge in [0, 0.05) is 6.42 Å². The zero-order valence-corrected chi connectivity index (χ0v) is 16.8. The molecule has 4 rings (SSSR count). The summed E-state index contributed by atoms with van der Waals surface area (Å²) in [5, 5.41) is 9.48. The van der Waals surface area contributed by atoms with E-state index in [-0.39, 0.29) is 5.82 Å². The maximum absolute atomic E-state index is 13.1. The van der Waals surface area contributed by atoms with Crippen LogP contribution < -0.4 is 4.74 Å². The third-order valence-electron chi connectivity index (χ3n) is 6.02. The van der Waals surface area contributed by atoms with Gasteiger partial charge in [-0.05, 0) is 65.8 Å². The predicted molar refractivity (Wildman–Crippen MR) is 115 cm³/mol. The molecule has 3 nitrogen and oxygen atoms in total. The zero-order valence-electron chi connectivity index (χ0n) is 16.8. The van der Waals surface area contributed by atoms with Gasteiger partial charge in [-0.15, -0.1) is 0 Å². The number of carboxylic acids is 1. The summed E-state index contributed by atoms with van der Waals surface area (Å²) < 4.78 is 18.9. The van der Waals surface area contributed by atoms with Crippen LogP contribution in [0.2, 0.25) is 0 Å². The normalized spacial score (nSPS) is 14.7. The Morgan fingerprint density at radius 3 is 1.97 bits per heavy atom. The molecule has 3 aromatic rings. The SMILES string of the molecule is O=C(O)C1(Cc2ccc(OCCc3ccc(-c4ccc(F)cc4)cc3)cc2)CCC1. The van der Waals surface area contributed by atoms with Gasteiger partial charge in [0.25, 0.3) is 0 Å². The molecule has 0 unspecified atom stereocenters. The quantitative estimate of drug-likeness (QED) is 0.508. The number of ether oxygens (including phenoxy) is 1. The molecule has 1 saturated carbocycles. The van der Waals surface area contributed by atoms with Crippen LogP contribution in [0, 0.1) is 11.2 Å². The standard InChI is InChI=1S/C26H25FO3/c27-23-10-8-22(9-11-23)21-6-2-19(3-7-21)14-17-30-24-12-4-20(5-13-24)18-26(25(28)29)15-1-16-26/h2-13H,1,14-18H2,(H,28,29). The van der Waals surface area contributed by atoms with Crippen molar-refractivity contribution in [2.24, 2.45) is 5.41 Å². The van der Waals surface area contributed by atoms with Gasteiger partial charge in [-0.2, -0.15) is 0 Å². The Bertz CT molecular complexity index is 988. The summed E-state index contributed by atoms with van der Waals surface area (Å²) >= 11 is 0. The van der Waals surface area contributed by atoms with Crippen LogP contribution in [0.3, 0.4) is 0 Å². The van der Waals surface area contributed by atoms with Crippen molar-refractivity contribution in [3.05, 3.63) is 89.7 Å². The van der Waals surface area contributed by atoms with E-state index >= 15 is 0 Å². The number of halogens is 1. The Labute approximate surface area is 176 Å². The molecule has 1 aliphatic rings. The largest absolute Gasteiger partial charge is 0.493 e. The van der Waals surface area contributed by atoms with Crippen LogP contribution >= 0.6 is 0 Å². The Hall–Kier alpha value is -3.14. The van der Waals surface area contributed by atoms with Crippen LogP contribution in [-0.4, -0.2) is 17.7 Å². The van der Waals surface area contributed by atoms with E-state index in [0.717, 1.165) is 48.1 Å². The van der Waals surface area contributed by atoms with Crippen molar-refractivity contribution in [3.63, 3.8) is 0 Å². The lowest BCUT2D eigenvalue weighted by Crippen LogP contribution is -2.39. The highest BCUT2D eigenvalue weighted by molar-refractivity contribution is 5.76. The number of carbonyl (C=O) groups is 1. The van der Waals surface area contributed by atoms with E-state index in [4.69, 9.17) is 4.74 Å². The van der Waals surface area contributed by atoms with E-state index in [1.165, 1.54) is 17.7 Å². The van der Waals surface area contributed by atoms with E-state index in [9.17, 15) is 14.3 Å². The van der Waals surface area contributed by atoms with E-state index in [2.05, 4.69) is 12.1 Å². The lowest BCUT2D eigenvalue weighted by molar-refractivity contribution is -0.154. The average molecular weight is 404 g/mol. The number of hydrogen-bond donors (Lipinski definition) is 1. The fraction of sp³-hybridized carbons (Fsp3) is 0.269. The lowest BCUT2D eigenvalue weighted by Gasteiger charge is -2.37. The van der Waals surface area contributed by atoms with Gasteiger partial charge in [0.05, 0.1) is 12.0 Å². The maximum atomic E-state index is 13.1. The summed E-state index contributed by atoms with van der Waals surface area (Å²) in [5.41, 5.74) is 3.70. The molecular weight excluding hydrogens is 379 g/mol. The molecule has 0 bridgehead atoms. The monoisotopic (exact) mass is 404 g/mol. The minimum Gasteiger partial charge on any atom is -0.493 e. The van der Waals surface area contributed by atoms with Crippen LogP contribution in [-0.2, 0) is 17.6 Å². The van der Waals surface area contributed by atoms with Crippen LogP contribution in [0.1, 0.15) is 30.4 Å². The topological polar surface area (TPSA) is 46.5 Å². The van der Waals surface area contributed by atoms with E-state index in [1.54, 1.807) is 12.1 Å². The third-order valence-corrected chi connectivity index (χ3v) is 6.02. The first-order valence-electron chi connectivity index (χ1n) is 10.3. The number of benzene rings is 3. The summed E-state index contributed by atoms with van der Waals surface area (Å²) in [6.45, 7) is 0.564. The van der Waals surface area contributed by atoms with Crippen LogP contribution in [0.4, 0.5) is 4.39 Å². The third kappa shape index (κ3) is 4.54. The number of carboxylic acid groups (broad SMARTS) is 1. The second-order valence-electron chi connectivity index (χ2n) is 8.06. The summed E-state index contributed by atoms with van der Waals surface area (Å²) in [6, 6.07) is 22.5. The van der Waals surface area contributed by atoms with Crippen molar-refractivity contribution >= 4 is 5.97 Å². The van der Waals surface area contributed by atoms with Crippen molar-refractivity contribution in [2.45, 2.75) is 32.1 Å². The molecule has 30 heavy (non-hydrogen) atoms.